The molecule has 8 heteroatoms. The van der Waals surface area contributed by atoms with Gasteiger partial charge >= 0.3 is 0 Å². The molecular weight excluding hydrogens is 436 g/mol. The Hall–Kier alpha value is -1.15. The summed E-state index contributed by atoms with van der Waals surface area (Å²) in [6, 6.07) is 6.63. The number of rotatable bonds is 4. The number of amides is 1. The summed E-state index contributed by atoms with van der Waals surface area (Å²) in [6.45, 7) is 0.647. The van der Waals surface area contributed by atoms with Crippen molar-refractivity contribution in [3.63, 3.8) is 0 Å². The molecule has 5 atom stereocenters. The smallest absolute Gasteiger partial charge is 0.244 e. The van der Waals surface area contributed by atoms with Crippen molar-refractivity contribution in [1.29, 1.82) is 0 Å². The Morgan fingerprint density at radius 1 is 1.10 bits per heavy atom. The highest BCUT2D eigenvalue weighted by molar-refractivity contribution is 7.89. The van der Waals surface area contributed by atoms with Gasteiger partial charge in [-0.05, 0) is 81.3 Å². The minimum absolute atomic E-state index is 0.0491. The zero-order chi connectivity index (χ0) is 21.8. The van der Waals surface area contributed by atoms with Gasteiger partial charge in [0.15, 0.2) is 0 Å². The zero-order valence-electron chi connectivity index (χ0n) is 17.7. The first-order chi connectivity index (χ1) is 14.7. The standard InChI is InChI=1S/C23H31ClN2O4S/c24-19-3-1-2-4-21(19)31(29,30)26-9-7-16(8-10-26)22(27)25-20-6-5-15-11-17-13-23(28,12-15)14-18(17)20/h1-4,15-18,20,28H,5-14H2,(H,25,27)/t15-,17+,18?,20?,23?/m0/s1. The minimum Gasteiger partial charge on any atom is -0.390 e. The third-order valence-electron chi connectivity index (χ3n) is 8.18. The molecular formula is C23H31ClN2O4S. The van der Waals surface area contributed by atoms with Gasteiger partial charge in [-0.15, -0.1) is 0 Å². The Labute approximate surface area is 189 Å². The lowest BCUT2D eigenvalue weighted by Crippen LogP contribution is -2.47. The molecule has 3 unspecified atom stereocenters. The molecule has 1 aromatic carbocycles. The first-order valence-corrected chi connectivity index (χ1v) is 13.3. The van der Waals surface area contributed by atoms with Crippen LogP contribution in [0, 0.1) is 23.7 Å². The van der Waals surface area contributed by atoms with Crippen LogP contribution in [0.15, 0.2) is 29.2 Å². The third-order valence-corrected chi connectivity index (χ3v) is 10.6. The van der Waals surface area contributed by atoms with Crippen molar-refractivity contribution in [2.24, 2.45) is 23.7 Å². The third kappa shape index (κ3) is 4.03. The molecule has 0 spiro atoms. The predicted octanol–water partition coefficient (Wildman–Crippen LogP) is 3.19. The molecule has 4 fully saturated rings. The Morgan fingerprint density at radius 2 is 1.84 bits per heavy atom. The lowest BCUT2D eigenvalue weighted by molar-refractivity contribution is -0.127. The van der Waals surface area contributed by atoms with Gasteiger partial charge in [0.2, 0.25) is 15.9 Å². The highest BCUT2D eigenvalue weighted by atomic mass is 35.5. The van der Waals surface area contributed by atoms with Crippen LogP contribution >= 0.6 is 11.6 Å². The van der Waals surface area contributed by atoms with E-state index in [4.69, 9.17) is 11.6 Å². The van der Waals surface area contributed by atoms with Gasteiger partial charge in [-0.1, -0.05) is 23.7 Å². The number of nitrogens with zero attached hydrogens (tertiary/aromatic N) is 1. The van der Waals surface area contributed by atoms with E-state index in [1.54, 1.807) is 18.2 Å². The predicted molar refractivity (Wildman–Crippen MR) is 118 cm³/mol. The van der Waals surface area contributed by atoms with Crippen LogP contribution in [0.3, 0.4) is 0 Å². The van der Waals surface area contributed by atoms with Crippen LogP contribution in [0.4, 0.5) is 0 Å². The molecule has 0 aromatic heterocycles. The van der Waals surface area contributed by atoms with Gasteiger partial charge in [0.05, 0.1) is 10.6 Å². The van der Waals surface area contributed by atoms with Crippen molar-refractivity contribution in [2.75, 3.05) is 13.1 Å². The molecule has 2 N–H and O–H groups in total. The van der Waals surface area contributed by atoms with E-state index >= 15 is 0 Å². The summed E-state index contributed by atoms with van der Waals surface area (Å²) in [5, 5.41) is 14.4. The van der Waals surface area contributed by atoms with Crippen LogP contribution in [0.2, 0.25) is 5.02 Å². The number of halogens is 1. The SMILES string of the molecule is O=C(NC1CC[C@H]2C[C@@H]3CC(O)(CC13)C2)C1CCN(S(=O)(=O)c2ccccc2Cl)CC1. The molecule has 3 bridgehead atoms. The molecule has 4 aliphatic rings. The minimum atomic E-state index is -3.65. The number of hydrogen-bond acceptors (Lipinski definition) is 4. The highest BCUT2D eigenvalue weighted by Gasteiger charge is 2.53. The summed E-state index contributed by atoms with van der Waals surface area (Å²) in [5.74, 6) is 1.38. The van der Waals surface area contributed by atoms with E-state index in [0.717, 1.165) is 32.1 Å². The number of hydrogen-bond donors (Lipinski definition) is 2. The van der Waals surface area contributed by atoms with Crippen LogP contribution in [-0.4, -0.2) is 48.5 Å². The molecule has 1 saturated heterocycles. The second-order valence-corrected chi connectivity index (χ2v) is 12.5. The highest BCUT2D eigenvalue weighted by Crippen LogP contribution is 2.55. The molecule has 1 heterocycles. The molecule has 3 saturated carbocycles. The van der Waals surface area contributed by atoms with Gasteiger partial charge < -0.3 is 10.4 Å². The fraction of sp³-hybridized carbons (Fsp3) is 0.696. The van der Waals surface area contributed by atoms with E-state index in [9.17, 15) is 18.3 Å². The van der Waals surface area contributed by atoms with Crippen LogP contribution in [-0.2, 0) is 14.8 Å². The quantitative estimate of drug-likeness (QED) is 0.713. The number of benzene rings is 1. The summed E-state index contributed by atoms with van der Waals surface area (Å²) in [5.41, 5.74) is -0.514. The largest absolute Gasteiger partial charge is 0.390 e. The van der Waals surface area contributed by atoms with Crippen LogP contribution in [0.5, 0.6) is 0 Å². The Morgan fingerprint density at radius 3 is 2.58 bits per heavy atom. The van der Waals surface area contributed by atoms with Crippen LogP contribution < -0.4 is 5.32 Å². The molecule has 0 radical (unpaired) electrons. The normalized spacial score (nSPS) is 36.3. The molecule has 6 nitrogen and oxygen atoms in total. The number of aliphatic hydroxyl groups is 1. The van der Waals surface area contributed by atoms with E-state index in [0.29, 0.717) is 43.7 Å². The average Bonchev–Trinajstić information content (AvgIpc) is 2.92. The number of carbonyl (C=O) groups is 1. The molecule has 31 heavy (non-hydrogen) atoms. The summed E-state index contributed by atoms with van der Waals surface area (Å²) >= 11 is 6.11. The van der Waals surface area contributed by atoms with Gasteiger partial charge in [-0.3, -0.25) is 4.79 Å². The van der Waals surface area contributed by atoms with Crippen molar-refractivity contribution in [1.82, 2.24) is 9.62 Å². The maximum absolute atomic E-state index is 13.1. The van der Waals surface area contributed by atoms with E-state index < -0.39 is 15.6 Å². The molecule has 1 aliphatic heterocycles. The van der Waals surface area contributed by atoms with Gasteiger partial charge in [0.25, 0.3) is 0 Å². The second kappa shape index (κ2) is 8.01. The lowest BCUT2D eigenvalue weighted by atomic mass is 9.77. The van der Waals surface area contributed by atoms with Crippen molar-refractivity contribution < 1.29 is 18.3 Å². The Kier molecular flexibility index (Phi) is 5.60. The molecule has 1 aromatic rings. The molecule has 5 rings (SSSR count). The number of fused-ring (bicyclic) bond motifs is 2. The summed E-state index contributed by atoms with van der Waals surface area (Å²) in [4.78, 5) is 13.2. The van der Waals surface area contributed by atoms with Gasteiger partial charge in [-0.25, -0.2) is 8.42 Å². The number of carbonyl (C=O) groups excluding carboxylic acids is 1. The number of piperidine rings is 1. The van der Waals surface area contributed by atoms with Gasteiger partial charge in [0, 0.05) is 25.0 Å². The summed E-state index contributed by atoms with van der Waals surface area (Å²) < 4.78 is 27.3. The maximum Gasteiger partial charge on any atom is 0.244 e. The first kappa shape index (κ1) is 21.7. The van der Waals surface area contributed by atoms with Crippen molar-refractivity contribution in [3.05, 3.63) is 29.3 Å². The lowest BCUT2D eigenvalue weighted by Gasteiger charge is -2.34. The molecule has 170 valence electrons. The fourth-order valence-corrected chi connectivity index (χ4v) is 8.72. The van der Waals surface area contributed by atoms with Gasteiger partial charge in [0.1, 0.15) is 4.90 Å². The summed E-state index contributed by atoms with van der Waals surface area (Å²) in [6.07, 6.45) is 6.93. The van der Waals surface area contributed by atoms with Crippen molar-refractivity contribution in [3.8, 4) is 0 Å². The van der Waals surface area contributed by atoms with Crippen molar-refractivity contribution in [2.45, 2.75) is 67.9 Å². The number of sulfonamides is 1. The second-order valence-electron chi connectivity index (χ2n) is 10.2. The average molecular weight is 467 g/mol. The zero-order valence-corrected chi connectivity index (χ0v) is 19.2. The van der Waals surface area contributed by atoms with Gasteiger partial charge in [-0.2, -0.15) is 4.31 Å². The van der Waals surface area contributed by atoms with E-state index in [2.05, 4.69) is 5.32 Å². The van der Waals surface area contributed by atoms with Crippen molar-refractivity contribution >= 4 is 27.5 Å². The molecule has 1 amide bonds. The number of nitrogens with one attached hydrogen (secondary N) is 1. The maximum atomic E-state index is 13.1. The van der Waals surface area contributed by atoms with E-state index in [1.807, 2.05) is 0 Å². The van der Waals surface area contributed by atoms with Crippen LogP contribution in [0.1, 0.15) is 51.4 Å². The Balaban J connectivity index is 1.21. The topological polar surface area (TPSA) is 86.7 Å². The summed E-state index contributed by atoms with van der Waals surface area (Å²) in [7, 11) is -3.65. The monoisotopic (exact) mass is 466 g/mol. The fourth-order valence-electron chi connectivity index (χ4n) is 6.75. The van der Waals surface area contributed by atoms with Crippen LogP contribution in [0.25, 0.3) is 0 Å². The van der Waals surface area contributed by atoms with E-state index in [-0.39, 0.29) is 27.8 Å². The first-order valence-electron chi connectivity index (χ1n) is 11.5. The molecule has 3 aliphatic carbocycles. The Bertz CT molecular complexity index is 962. The van der Waals surface area contributed by atoms with E-state index in [1.165, 1.54) is 16.8 Å².